The Morgan fingerprint density at radius 2 is 1.95 bits per heavy atom. The fourth-order valence-electron chi connectivity index (χ4n) is 2.31. The summed E-state index contributed by atoms with van der Waals surface area (Å²) in [7, 11) is 0. The van der Waals surface area contributed by atoms with Crippen LogP contribution in [0.2, 0.25) is 0 Å². The molecule has 2 N–H and O–H groups in total. The molecule has 0 spiro atoms. The van der Waals surface area contributed by atoms with Crippen LogP contribution in [0, 0.1) is 11.8 Å². The molecule has 6 nitrogen and oxygen atoms in total. The van der Waals surface area contributed by atoms with Gasteiger partial charge in [-0.25, -0.2) is 9.59 Å². The predicted octanol–water partition coefficient (Wildman–Crippen LogP) is 1.32. The Labute approximate surface area is 113 Å². The van der Waals surface area contributed by atoms with E-state index in [4.69, 9.17) is 9.84 Å². The molecule has 3 unspecified atom stereocenters. The average Bonchev–Trinajstić information content (AvgIpc) is 2.25. The van der Waals surface area contributed by atoms with Crippen LogP contribution >= 0.6 is 0 Å². The Morgan fingerprint density at radius 3 is 2.37 bits per heavy atom. The second-order valence-electron chi connectivity index (χ2n) is 6.14. The number of aliphatic carboxylic acids is 1. The molecule has 0 aromatic rings. The number of hydrogen-bond donors (Lipinski definition) is 2. The number of rotatable bonds is 2. The molecule has 1 rings (SSSR count). The lowest BCUT2D eigenvalue weighted by Gasteiger charge is -2.38. The maximum atomic E-state index is 11.9. The first kappa shape index (κ1) is 15.8. The molecule has 1 amide bonds. The molecule has 0 radical (unpaired) electrons. The highest BCUT2D eigenvalue weighted by Gasteiger charge is 2.37. The molecule has 0 saturated carbocycles. The summed E-state index contributed by atoms with van der Waals surface area (Å²) in [5, 5.41) is 18.4. The Hall–Kier alpha value is -1.30. The van der Waals surface area contributed by atoms with E-state index in [1.807, 2.05) is 6.92 Å². The van der Waals surface area contributed by atoms with Crippen LogP contribution in [0.4, 0.5) is 4.79 Å². The number of amides is 1. The molecule has 0 aromatic heterocycles. The Morgan fingerprint density at radius 1 is 1.37 bits per heavy atom. The minimum atomic E-state index is -1.37. The summed E-state index contributed by atoms with van der Waals surface area (Å²) >= 11 is 0. The summed E-state index contributed by atoms with van der Waals surface area (Å²) in [4.78, 5) is 24.3. The summed E-state index contributed by atoms with van der Waals surface area (Å²) in [5.74, 6) is -1.61. The number of aliphatic hydroxyl groups is 1. The van der Waals surface area contributed by atoms with Crippen LogP contribution < -0.4 is 0 Å². The topological polar surface area (TPSA) is 87.1 Å². The number of nitrogens with zero attached hydrogens (tertiary/aromatic N) is 1. The van der Waals surface area contributed by atoms with Crippen molar-refractivity contribution in [3.8, 4) is 0 Å². The van der Waals surface area contributed by atoms with Crippen LogP contribution in [0.5, 0.6) is 0 Å². The van der Waals surface area contributed by atoms with Gasteiger partial charge in [0, 0.05) is 19.0 Å². The van der Waals surface area contributed by atoms with Crippen LogP contribution in [0.1, 0.15) is 34.1 Å². The number of carbonyl (C=O) groups excluding carboxylic acids is 1. The van der Waals surface area contributed by atoms with Crippen molar-refractivity contribution in [3.63, 3.8) is 0 Å². The molecule has 1 aliphatic rings. The summed E-state index contributed by atoms with van der Waals surface area (Å²) in [5.41, 5.74) is -0.544. The molecule has 1 heterocycles. The molecule has 3 atom stereocenters. The van der Waals surface area contributed by atoms with E-state index in [9.17, 15) is 14.7 Å². The maximum absolute atomic E-state index is 11.9. The average molecular weight is 273 g/mol. The van der Waals surface area contributed by atoms with Crippen LogP contribution in [-0.2, 0) is 9.53 Å². The molecule has 0 aliphatic carbocycles. The van der Waals surface area contributed by atoms with Crippen molar-refractivity contribution in [2.75, 3.05) is 13.1 Å². The standard InChI is InChI=1S/C13H23NO5/c1-8-7-14(12(18)19-13(2,3)4)6-5-9(8)10(15)11(16)17/h8-10,15H,5-7H2,1-4H3,(H,16,17). The highest BCUT2D eigenvalue weighted by molar-refractivity contribution is 5.72. The van der Waals surface area contributed by atoms with E-state index in [0.29, 0.717) is 19.5 Å². The SMILES string of the molecule is CC1CN(C(=O)OC(C)(C)C)CCC1C(O)C(=O)O. The molecule has 1 saturated heterocycles. The maximum Gasteiger partial charge on any atom is 0.410 e. The first-order valence-electron chi connectivity index (χ1n) is 6.50. The molecule has 1 aliphatic heterocycles. The molecule has 1 fully saturated rings. The number of aliphatic hydroxyl groups excluding tert-OH is 1. The fourth-order valence-corrected chi connectivity index (χ4v) is 2.31. The largest absolute Gasteiger partial charge is 0.479 e. The monoisotopic (exact) mass is 273 g/mol. The Balaban J connectivity index is 2.59. The van der Waals surface area contributed by atoms with Crippen LogP contribution in [-0.4, -0.2) is 52.0 Å². The second-order valence-corrected chi connectivity index (χ2v) is 6.14. The fraction of sp³-hybridized carbons (Fsp3) is 0.846. The van der Waals surface area contributed by atoms with Gasteiger partial charge < -0.3 is 19.8 Å². The summed E-state index contributed by atoms with van der Waals surface area (Å²) in [6, 6.07) is 0. The lowest BCUT2D eigenvalue weighted by Crippen LogP contribution is -2.48. The Bertz CT molecular complexity index is 349. The quantitative estimate of drug-likeness (QED) is 0.792. The van der Waals surface area contributed by atoms with Gasteiger partial charge in [0.05, 0.1) is 0 Å². The van der Waals surface area contributed by atoms with E-state index in [1.165, 1.54) is 0 Å². The smallest absolute Gasteiger partial charge is 0.410 e. The van der Waals surface area contributed by atoms with E-state index in [-0.39, 0.29) is 17.9 Å². The molecule has 110 valence electrons. The van der Waals surface area contributed by atoms with E-state index in [0.717, 1.165) is 0 Å². The van der Waals surface area contributed by atoms with Gasteiger partial charge in [0.15, 0.2) is 6.10 Å². The van der Waals surface area contributed by atoms with Crippen LogP contribution in [0.25, 0.3) is 0 Å². The first-order valence-corrected chi connectivity index (χ1v) is 6.50. The first-order chi connectivity index (χ1) is 8.61. The van der Waals surface area contributed by atoms with Gasteiger partial charge in [-0.2, -0.15) is 0 Å². The molecule has 19 heavy (non-hydrogen) atoms. The summed E-state index contributed by atoms with van der Waals surface area (Å²) in [6.45, 7) is 8.06. The number of carbonyl (C=O) groups is 2. The zero-order valence-electron chi connectivity index (χ0n) is 11.9. The van der Waals surface area contributed by atoms with Gasteiger partial charge in [0.2, 0.25) is 0 Å². The van der Waals surface area contributed by atoms with Gasteiger partial charge in [0.25, 0.3) is 0 Å². The van der Waals surface area contributed by atoms with Crippen molar-refractivity contribution in [2.24, 2.45) is 11.8 Å². The van der Waals surface area contributed by atoms with E-state index < -0.39 is 17.7 Å². The van der Waals surface area contributed by atoms with Crippen LogP contribution in [0.3, 0.4) is 0 Å². The highest BCUT2D eigenvalue weighted by atomic mass is 16.6. The molecule has 0 bridgehead atoms. The van der Waals surface area contributed by atoms with Gasteiger partial charge in [0.1, 0.15) is 5.60 Å². The third-order valence-electron chi connectivity index (χ3n) is 3.28. The number of likely N-dealkylation sites (tertiary alicyclic amines) is 1. The summed E-state index contributed by atoms with van der Waals surface area (Å²) < 4.78 is 5.28. The zero-order valence-corrected chi connectivity index (χ0v) is 11.9. The predicted molar refractivity (Wildman–Crippen MR) is 68.7 cm³/mol. The van der Waals surface area contributed by atoms with Crippen LogP contribution in [0.15, 0.2) is 0 Å². The molecule has 6 heteroatoms. The van der Waals surface area contributed by atoms with E-state index >= 15 is 0 Å². The van der Waals surface area contributed by atoms with E-state index in [2.05, 4.69) is 0 Å². The van der Waals surface area contributed by atoms with Crippen molar-refractivity contribution >= 4 is 12.1 Å². The highest BCUT2D eigenvalue weighted by Crippen LogP contribution is 2.27. The minimum absolute atomic E-state index is 0.0765. The third-order valence-corrected chi connectivity index (χ3v) is 3.28. The number of ether oxygens (including phenoxy) is 1. The van der Waals surface area contributed by atoms with Gasteiger partial charge in [-0.15, -0.1) is 0 Å². The number of carboxylic acid groups (broad SMARTS) is 1. The van der Waals surface area contributed by atoms with Gasteiger partial charge in [-0.05, 0) is 33.1 Å². The molecule has 0 aromatic carbocycles. The number of hydrogen-bond acceptors (Lipinski definition) is 4. The van der Waals surface area contributed by atoms with Crippen molar-refractivity contribution < 1.29 is 24.5 Å². The number of carboxylic acids is 1. The molecular weight excluding hydrogens is 250 g/mol. The lowest BCUT2D eigenvalue weighted by molar-refractivity contribution is -0.152. The van der Waals surface area contributed by atoms with Crippen molar-refractivity contribution in [1.82, 2.24) is 4.90 Å². The van der Waals surface area contributed by atoms with Crippen molar-refractivity contribution in [1.29, 1.82) is 0 Å². The van der Waals surface area contributed by atoms with Crippen molar-refractivity contribution in [3.05, 3.63) is 0 Å². The minimum Gasteiger partial charge on any atom is -0.479 e. The van der Waals surface area contributed by atoms with Crippen molar-refractivity contribution in [2.45, 2.75) is 45.8 Å². The lowest BCUT2D eigenvalue weighted by atomic mass is 9.83. The normalized spacial score (nSPS) is 25.8. The number of piperidine rings is 1. The van der Waals surface area contributed by atoms with Gasteiger partial charge in [-0.1, -0.05) is 6.92 Å². The third kappa shape index (κ3) is 4.38. The van der Waals surface area contributed by atoms with Gasteiger partial charge in [-0.3, -0.25) is 0 Å². The zero-order chi connectivity index (χ0) is 14.8. The van der Waals surface area contributed by atoms with E-state index in [1.54, 1.807) is 25.7 Å². The summed E-state index contributed by atoms with van der Waals surface area (Å²) in [6.07, 6.45) is -1.29. The molecular formula is C13H23NO5. The van der Waals surface area contributed by atoms with Gasteiger partial charge >= 0.3 is 12.1 Å². The Kier molecular flexibility index (Phi) is 4.79. The second kappa shape index (κ2) is 5.77.